The van der Waals surface area contributed by atoms with Gasteiger partial charge in [0.1, 0.15) is 5.75 Å². The van der Waals surface area contributed by atoms with Crippen molar-refractivity contribution in [1.82, 2.24) is 14.7 Å². The molecule has 2 heterocycles. The van der Waals surface area contributed by atoms with E-state index >= 15 is 0 Å². The minimum Gasteiger partial charge on any atom is -0.479 e. The van der Waals surface area contributed by atoms with Gasteiger partial charge in [-0.2, -0.15) is 0 Å². The number of amides is 1. The number of carbonyl (C=O) groups excluding carboxylic acids is 1. The van der Waals surface area contributed by atoms with Crippen LogP contribution in [0.3, 0.4) is 0 Å². The van der Waals surface area contributed by atoms with Crippen LogP contribution in [0.15, 0.2) is 36.0 Å². The zero-order chi connectivity index (χ0) is 16.4. The fourth-order valence-corrected chi connectivity index (χ4v) is 3.17. The van der Waals surface area contributed by atoms with E-state index in [0.717, 1.165) is 10.7 Å². The first-order valence-corrected chi connectivity index (χ1v) is 8.47. The van der Waals surface area contributed by atoms with E-state index in [1.54, 1.807) is 36.5 Å². The standard InChI is InChI=1S/C15H13Cl2N3O2S/c1-9(22-13-3-2-10(16)6-12(13)17)14(21)18-7-11-8-20-4-5-23-15(20)19-11/h2-6,8-9H,7H2,1H3,(H,18,21). The Balaban J connectivity index is 1.57. The van der Waals surface area contributed by atoms with Gasteiger partial charge in [0.15, 0.2) is 11.1 Å². The van der Waals surface area contributed by atoms with E-state index in [-0.39, 0.29) is 5.91 Å². The van der Waals surface area contributed by atoms with Gasteiger partial charge in [-0.3, -0.25) is 9.20 Å². The van der Waals surface area contributed by atoms with E-state index in [1.165, 1.54) is 0 Å². The Kier molecular flexibility index (Phi) is 4.75. The maximum absolute atomic E-state index is 12.1. The molecule has 3 aromatic rings. The molecule has 0 bridgehead atoms. The molecule has 3 rings (SSSR count). The Bertz CT molecular complexity index is 818. The fourth-order valence-electron chi connectivity index (χ4n) is 2.00. The molecular weight excluding hydrogens is 357 g/mol. The predicted octanol–water partition coefficient (Wildman–Crippen LogP) is 3.79. The number of hydrogen-bond acceptors (Lipinski definition) is 4. The molecule has 120 valence electrons. The lowest BCUT2D eigenvalue weighted by Crippen LogP contribution is -2.36. The average Bonchev–Trinajstić information content (AvgIpc) is 3.08. The molecular formula is C15H13Cl2N3O2S. The summed E-state index contributed by atoms with van der Waals surface area (Å²) in [6, 6.07) is 4.87. The highest BCUT2D eigenvalue weighted by molar-refractivity contribution is 7.15. The van der Waals surface area contributed by atoms with E-state index < -0.39 is 6.10 Å². The number of fused-ring (bicyclic) bond motifs is 1. The second-order valence-corrected chi connectivity index (χ2v) is 6.59. The second kappa shape index (κ2) is 6.78. The highest BCUT2D eigenvalue weighted by Crippen LogP contribution is 2.28. The summed E-state index contributed by atoms with van der Waals surface area (Å²) in [5.41, 5.74) is 0.793. The van der Waals surface area contributed by atoms with Crippen molar-refractivity contribution < 1.29 is 9.53 Å². The van der Waals surface area contributed by atoms with Crippen LogP contribution >= 0.6 is 34.5 Å². The Morgan fingerprint density at radius 2 is 2.30 bits per heavy atom. The molecule has 1 amide bonds. The minimum absolute atomic E-state index is 0.243. The van der Waals surface area contributed by atoms with Crippen LogP contribution < -0.4 is 10.1 Å². The average molecular weight is 370 g/mol. The lowest BCUT2D eigenvalue weighted by atomic mass is 10.3. The lowest BCUT2D eigenvalue weighted by molar-refractivity contribution is -0.127. The number of ether oxygens (including phenoxy) is 1. The fraction of sp³-hybridized carbons (Fsp3) is 0.200. The summed E-state index contributed by atoms with van der Waals surface area (Å²) in [4.78, 5) is 17.4. The molecule has 0 aliphatic carbocycles. The SMILES string of the molecule is CC(Oc1ccc(Cl)cc1Cl)C(=O)NCc1cn2ccsc2n1. The molecule has 8 heteroatoms. The van der Waals surface area contributed by atoms with Gasteiger partial charge in [-0.05, 0) is 25.1 Å². The molecule has 0 aliphatic rings. The number of carbonyl (C=O) groups is 1. The normalized spacial score (nSPS) is 12.3. The third-order valence-electron chi connectivity index (χ3n) is 3.15. The van der Waals surface area contributed by atoms with Crippen LogP contribution in [0.25, 0.3) is 4.96 Å². The molecule has 1 unspecified atom stereocenters. The van der Waals surface area contributed by atoms with Gasteiger partial charge in [0.05, 0.1) is 17.3 Å². The maximum atomic E-state index is 12.1. The molecule has 1 N–H and O–H groups in total. The Labute approximate surface area is 146 Å². The summed E-state index contributed by atoms with van der Waals surface area (Å²) in [5.74, 6) is 0.175. The lowest BCUT2D eigenvalue weighted by Gasteiger charge is -2.15. The summed E-state index contributed by atoms with van der Waals surface area (Å²) >= 11 is 13.4. The molecule has 1 atom stereocenters. The number of benzene rings is 1. The van der Waals surface area contributed by atoms with Crippen LogP contribution in [0.2, 0.25) is 10.0 Å². The third-order valence-corrected chi connectivity index (χ3v) is 4.45. The number of nitrogens with zero attached hydrogens (tertiary/aromatic N) is 2. The van der Waals surface area contributed by atoms with Gasteiger partial charge < -0.3 is 10.1 Å². The molecule has 0 fully saturated rings. The quantitative estimate of drug-likeness (QED) is 0.744. The molecule has 1 aromatic carbocycles. The van der Waals surface area contributed by atoms with Crippen LogP contribution in [-0.4, -0.2) is 21.4 Å². The number of hydrogen-bond donors (Lipinski definition) is 1. The number of nitrogens with one attached hydrogen (secondary N) is 1. The second-order valence-electron chi connectivity index (χ2n) is 4.88. The zero-order valence-electron chi connectivity index (χ0n) is 12.1. The maximum Gasteiger partial charge on any atom is 0.261 e. The van der Waals surface area contributed by atoms with Crippen LogP contribution in [0.4, 0.5) is 0 Å². The van der Waals surface area contributed by atoms with E-state index in [4.69, 9.17) is 27.9 Å². The highest BCUT2D eigenvalue weighted by Gasteiger charge is 2.16. The van der Waals surface area contributed by atoms with Crippen molar-refractivity contribution >= 4 is 45.4 Å². The first-order chi connectivity index (χ1) is 11.0. The Hall–Kier alpha value is -1.76. The van der Waals surface area contributed by atoms with Gasteiger partial charge in [-0.25, -0.2) is 4.98 Å². The topological polar surface area (TPSA) is 55.6 Å². The number of halogens is 2. The third kappa shape index (κ3) is 3.77. The molecule has 2 aromatic heterocycles. The van der Waals surface area contributed by atoms with Crippen molar-refractivity contribution in [3.05, 3.63) is 51.7 Å². The summed E-state index contributed by atoms with van der Waals surface area (Å²) < 4.78 is 7.48. The molecule has 0 saturated heterocycles. The molecule has 23 heavy (non-hydrogen) atoms. The first-order valence-electron chi connectivity index (χ1n) is 6.83. The number of thiazole rings is 1. The molecule has 0 saturated carbocycles. The van der Waals surface area contributed by atoms with Crippen molar-refractivity contribution in [2.24, 2.45) is 0 Å². The summed E-state index contributed by atoms with van der Waals surface area (Å²) in [6.07, 6.45) is 3.12. The van der Waals surface area contributed by atoms with Crippen LogP contribution in [0, 0.1) is 0 Å². The van der Waals surface area contributed by atoms with Gasteiger partial charge in [-0.15, -0.1) is 11.3 Å². The number of rotatable bonds is 5. The summed E-state index contributed by atoms with van der Waals surface area (Å²) in [6.45, 7) is 2.00. The summed E-state index contributed by atoms with van der Waals surface area (Å²) in [7, 11) is 0. The minimum atomic E-state index is -0.683. The molecule has 5 nitrogen and oxygen atoms in total. The van der Waals surface area contributed by atoms with Gasteiger partial charge in [-0.1, -0.05) is 23.2 Å². The van der Waals surface area contributed by atoms with Crippen LogP contribution in [0.5, 0.6) is 5.75 Å². The van der Waals surface area contributed by atoms with Crippen LogP contribution in [-0.2, 0) is 11.3 Å². The van der Waals surface area contributed by atoms with Crippen molar-refractivity contribution in [2.45, 2.75) is 19.6 Å². The van der Waals surface area contributed by atoms with Gasteiger partial charge >= 0.3 is 0 Å². The van der Waals surface area contributed by atoms with E-state index in [1.807, 2.05) is 22.2 Å². The largest absolute Gasteiger partial charge is 0.479 e. The number of aromatic nitrogens is 2. The smallest absolute Gasteiger partial charge is 0.261 e. The predicted molar refractivity (Wildman–Crippen MR) is 91.5 cm³/mol. The van der Waals surface area contributed by atoms with Crippen molar-refractivity contribution in [3.63, 3.8) is 0 Å². The van der Waals surface area contributed by atoms with Gasteiger partial charge in [0.2, 0.25) is 0 Å². The van der Waals surface area contributed by atoms with Crippen molar-refractivity contribution in [2.75, 3.05) is 0 Å². The summed E-state index contributed by atoms with van der Waals surface area (Å²) in [5, 5.41) is 5.63. The van der Waals surface area contributed by atoms with Gasteiger partial charge in [0.25, 0.3) is 5.91 Å². The van der Waals surface area contributed by atoms with E-state index in [9.17, 15) is 4.79 Å². The van der Waals surface area contributed by atoms with Crippen molar-refractivity contribution in [3.8, 4) is 5.75 Å². The highest BCUT2D eigenvalue weighted by atomic mass is 35.5. The first kappa shape index (κ1) is 16.1. The molecule has 0 spiro atoms. The van der Waals surface area contributed by atoms with E-state index in [0.29, 0.717) is 22.3 Å². The van der Waals surface area contributed by atoms with Crippen molar-refractivity contribution in [1.29, 1.82) is 0 Å². The Morgan fingerprint density at radius 3 is 3.04 bits per heavy atom. The van der Waals surface area contributed by atoms with Gasteiger partial charge in [0, 0.05) is 22.8 Å². The number of imidazole rings is 1. The zero-order valence-corrected chi connectivity index (χ0v) is 14.5. The monoisotopic (exact) mass is 369 g/mol. The van der Waals surface area contributed by atoms with E-state index in [2.05, 4.69) is 10.3 Å². The van der Waals surface area contributed by atoms with Crippen LogP contribution in [0.1, 0.15) is 12.6 Å². The molecule has 0 radical (unpaired) electrons. The molecule has 0 aliphatic heterocycles. The Morgan fingerprint density at radius 1 is 1.48 bits per heavy atom.